The maximum atomic E-state index is 13.2. The summed E-state index contributed by atoms with van der Waals surface area (Å²) in [6, 6.07) is 4.94. The lowest BCUT2D eigenvalue weighted by molar-refractivity contribution is -0.131. The molecule has 194 valence electrons. The first-order chi connectivity index (χ1) is 17.8. The fraction of sp³-hybridized carbons (Fsp3) is 0.462. The van der Waals surface area contributed by atoms with E-state index in [1.807, 2.05) is 19.1 Å². The average molecular weight is 507 g/mol. The number of methoxy groups -OCH3 is 1. The number of fused-ring (bicyclic) bond motifs is 1. The Morgan fingerprint density at radius 3 is 2.86 bits per heavy atom. The Morgan fingerprint density at radius 2 is 2.19 bits per heavy atom. The van der Waals surface area contributed by atoms with Gasteiger partial charge in [-0.05, 0) is 37.8 Å². The van der Waals surface area contributed by atoms with E-state index in [1.54, 1.807) is 18.9 Å². The van der Waals surface area contributed by atoms with Crippen LogP contribution in [-0.2, 0) is 22.5 Å². The second kappa shape index (κ2) is 11.3. The monoisotopic (exact) mass is 506 g/mol. The first-order valence-corrected chi connectivity index (χ1v) is 12.3. The molecule has 11 heteroatoms. The van der Waals surface area contributed by atoms with Gasteiger partial charge in [-0.2, -0.15) is 5.26 Å². The topological polar surface area (TPSA) is 138 Å². The van der Waals surface area contributed by atoms with Crippen molar-refractivity contribution in [2.75, 3.05) is 37.0 Å². The van der Waals surface area contributed by atoms with Crippen LogP contribution in [0, 0.1) is 17.2 Å². The average Bonchev–Trinajstić information content (AvgIpc) is 3.20. The number of pyridine rings is 2. The third-order valence-electron chi connectivity index (χ3n) is 6.51. The molecule has 0 spiro atoms. The van der Waals surface area contributed by atoms with E-state index in [2.05, 4.69) is 15.3 Å². The number of hydrogen-bond donors (Lipinski definition) is 1. The predicted octanol–water partition coefficient (Wildman–Crippen LogP) is 2.93. The Morgan fingerprint density at radius 1 is 1.38 bits per heavy atom. The molecule has 0 saturated carbocycles. The van der Waals surface area contributed by atoms with Gasteiger partial charge in [-0.1, -0.05) is 6.92 Å². The summed E-state index contributed by atoms with van der Waals surface area (Å²) < 4.78 is 10.9. The maximum Gasteiger partial charge on any atom is 0.328 e. The summed E-state index contributed by atoms with van der Waals surface area (Å²) in [6.45, 7) is 5.43. The smallest absolute Gasteiger partial charge is 0.328 e. The van der Waals surface area contributed by atoms with Gasteiger partial charge < -0.3 is 14.4 Å². The molecule has 4 rings (SSSR count). The van der Waals surface area contributed by atoms with Crippen molar-refractivity contribution in [1.82, 2.24) is 14.9 Å². The second-order valence-corrected chi connectivity index (χ2v) is 9.33. The van der Waals surface area contributed by atoms with Gasteiger partial charge in [-0.25, -0.2) is 14.8 Å². The zero-order valence-corrected chi connectivity index (χ0v) is 21.2. The highest BCUT2D eigenvalue weighted by atomic mass is 16.5. The van der Waals surface area contributed by atoms with Crippen LogP contribution in [0.25, 0.3) is 0 Å². The molecule has 2 atom stereocenters. The molecule has 2 aromatic heterocycles. The molecule has 37 heavy (non-hydrogen) atoms. The van der Waals surface area contributed by atoms with E-state index in [4.69, 9.17) is 9.47 Å². The second-order valence-electron chi connectivity index (χ2n) is 9.33. The third kappa shape index (κ3) is 5.70. The first-order valence-electron chi connectivity index (χ1n) is 12.3. The molecular formula is C26H30N6O5. The Hall–Kier alpha value is -4.04. The Kier molecular flexibility index (Phi) is 7.98. The molecule has 1 N–H and O–H groups in total. The molecule has 1 fully saturated rings. The number of hydrogen-bond acceptors (Lipinski definition) is 8. The third-order valence-corrected chi connectivity index (χ3v) is 6.51. The quantitative estimate of drug-likeness (QED) is 0.540. The number of urea groups is 1. The largest absolute Gasteiger partial charge is 0.487 e. The molecule has 0 radical (unpaired) electrons. The van der Waals surface area contributed by atoms with E-state index >= 15 is 0 Å². The number of nitriles is 1. The zero-order chi connectivity index (χ0) is 26.5. The highest BCUT2D eigenvalue weighted by Crippen LogP contribution is 2.30. The maximum absolute atomic E-state index is 13.2. The van der Waals surface area contributed by atoms with Crippen LogP contribution >= 0.6 is 0 Å². The SMILES string of the molecule is COC[C@@H](C)Oc1cc(NC(=O)N2CCCc3cc(CN4CCC(C)C4=O)c(C=O)nc32)ncc1C#N. The summed E-state index contributed by atoms with van der Waals surface area (Å²) in [7, 11) is 1.55. The van der Waals surface area contributed by atoms with Gasteiger partial charge in [0.15, 0.2) is 6.29 Å². The number of amides is 3. The molecule has 3 amide bonds. The molecule has 11 nitrogen and oxygen atoms in total. The Balaban J connectivity index is 1.55. The van der Waals surface area contributed by atoms with Crippen LogP contribution in [0.15, 0.2) is 18.3 Å². The van der Waals surface area contributed by atoms with Crippen molar-refractivity contribution in [2.45, 2.75) is 45.8 Å². The van der Waals surface area contributed by atoms with Crippen LogP contribution in [0.4, 0.5) is 16.4 Å². The standard InChI is InChI=1S/C26H30N6O5/c1-16-6-8-31(25(16)34)13-19-9-18-5-4-7-32(24(18)29-21(19)14-33)26(35)30-23-10-22(20(11-27)12-28-23)37-17(2)15-36-3/h9-10,12,14,16-17H,4-8,13,15H2,1-3H3,(H,28,30,35)/t16?,17-/m1/s1. The number of carbonyl (C=O) groups is 3. The van der Waals surface area contributed by atoms with E-state index in [-0.39, 0.29) is 40.8 Å². The molecule has 0 aliphatic carbocycles. The lowest BCUT2D eigenvalue weighted by Crippen LogP contribution is -2.40. The fourth-order valence-electron chi connectivity index (χ4n) is 4.59. The molecule has 2 aliphatic heterocycles. The van der Waals surface area contributed by atoms with Crippen molar-refractivity contribution < 1.29 is 23.9 Å². The number of nitrogens with zero attached hydrogens (tertiary/aromatic N) is 5. The van der Waals surface area contributed by atoms with Crippen LogP contribution in [0.2, 0.25) is 0 Å². The summed E-state index contributed by atoms with van der Waals surface area (Å²) in [5.41, 5.74) is 1.97. The van der Waals surface area contributed by atoms with Gasteiger partial charge in [-0.3, -0.25) is 19.8 Å². The van der Waals surface area contributed by atoms with E-state index in [1.165, 1.54) is 17.2 Å². The number of ether oxygens (including phenoxy) is 2. The number of aromatic nitrogens is 2. The first kappa shape index (κ1) is 26.0. The van der Waals surface area contributed by atoms with E-state index in [0.29, 0.717) is 56.8 Å². The van der Waals surface area contributed by atoms with Crippen molar-refractivity contribution in [3.05, 3.63) is 40.7 Å². The number of likely N-dealkylation sites (tertiary alicyclic amines) is 1. The Labute approximate surface area is 215 Å². The molecule has 0 bridgehead atoms. The van der Waals surface area contributed by atoms with Crippen LogP contribution in [0.1, 0.15) is 53.9 Å². The minimum atomic E-state index is -0.463. The van der Waals surface area contributed by atoms with Gasteiger partial charge in [0.2, 0.25) is 5.91 Å². The summed E-state index contributed by atoms with van der Waals surface area (Å²) in [6.07, 6.45) is 3.90. The molecular weight excluding hydrogens is 476 g/mol. The highest BCUT2D eigenvalue weighted by molar-refractivity contribution is 6.01. The summed E-state index contributed by atoms with van der Waals surface area (Å²) >= 11 is 0. The molecule has 1 saturated heterocycles. The van der Waals surface area contributed by atoms with Crippen LogP contribution in [0.3, 0.4) is 0 Å². The van der Waals surface area contributed by atoms with E-state index < -0.39 is 6.03 Å². The molecule has 0 aromatic carbocycles. The van der Waals surface area contributed by atoms with Gasteiger partial charge in [0, 0.05) is 44.3 Å². The molecule has 2 aromatic rings. The minimum absolute atomic E-state index is 0.0191. The molecule has 1 unspecified atom stereocenters. The number of rotatable bonds is 8. The zero-order valence-electron chi connectivity index (χ0n) is 21.2. The van der Waals surface area contributed by atoms with Crippen LogP contribution in [0.5, 0.6) is 5.75 Å². The number of aldehydes is 1. The van der Waals surface area contributed by atoms with Gasteiger partial charge >= 0.3 is 6.03 Å². The molecule has 4 heterocycles. The fourth-order valence-corrected chi connectivity index (χ4v) is 4.59. The normalized spacial score (nSPS) is 17.7. The van der Waals surface area contributed by atoms with Crippen LogP contribution in [-0.4, -0.2) is 66.0 Å². The predicted molar refractivity (Wildman–Crippen MR) is 134 cm³/mol. The van der Waals surface area contributed by atoms with E-state index in [0.717, 1.165) is 12.0 Å². The highest BCUT2D eigenvalue weighted by Gasteiger charge is 2.30. The van der Waals surface area contributed by atoms with Crippen molar-refractivity contribution in [1.29, 1.82) is 5.26 Å². The number of nitrogens with one attached hydrogen (secondary N) is 1. The summed E-state index contributed by atoms with van der Waals surface area (Å²) in [5, 5.41) is 12.1. The number of carbonyl (C=O) groups excluding carboxylic acids is 3. The summed E-state index contributed by atoms with van der Waals surface area (Å²) in [5.74, 6) is 0.965. The summed E-state index contributed by atoms with van der Waals surface area (Å²) in [4.78, 5) is 49.4. The number of anilines is 2. The van der Waals surface area contributed by atoms with E-state index in [9.17, 15) is 19.6 Å². The van der Waals surface area contributed by atoms with Crippen molar-refractivity contribution in [2.24, 2.45) is 5.92 Å². The van der Waals surface area contributed by atoms with Gasteiger partial charge in [0.05, 0.1) is 12.8 Å². The van der Waals surface area contributed by atoms with Crippen molar-refractivity contribution in [3.8, 4) is 11.8 Å². The van der Waals surface area contributed by atoms with Gasteiger partial charge in [-0.15, -0.1) is 0 Å². The lowest BCUT2D eigenvalue weighted by atomic mass is 10.0. The van der Waals surface area contributed by atoms with Gasteiger partial charge in [0.1, 0.15) is 40.8 Å². The minimum Gasteiger partial charge on any atom is -0.487 e. The van der Waals surface area contributed by atoms with Crippen molar-refractivity contribution in [3.63, 3.8) is 0 Å². The van der Waals surface area contributed by atoms with Gasteiger partial charge in [0.25, 0.3) is 0 Å². The number of aryl methyl sites for hydroxylation is 1. The molecule has 2 aliphatic rings. The van der Waals surface area contributed by atoms with Crippen molar-refractivity contribution >= 4 is 29.9 Å². The Bertz CT molecular complexity index is 1240. The van der Waals surface area contributed by atoms with Crippen LogP contribution < -0.4 is 15.0 Å². The lowest BCUT2D eigenvalue weighted by Gasteiger charge is -2.29.